The summed E-state index contributed by atoms with van der Waals surface area (Å²) in [6, 6.07) is 23.1. The molecule has 1 saturated heterocycles. The van der Waals surface area contributed by atoms with Gasteiger partial charge in [-0.25, -0.2) is 13.4 Å². The summed E-state index contributed by atoms with van der Waals surface area (Å²) in [6.07, 6.45) is 2.52. The van der Waals surface area contributed by atoms with Gasteiger partial charge < -0.3 is 10.1 Å². The van der Waals surface area contributed by atoms with Gasteiger partial charge in [-0.2, -0.15) is 0 Å². The molecule has 1 aromatic heterocycles. The second-order valence-corrected chi connectivity index (χ2v) is 12.0. The van der Waals surface area contributed by atoms with Crippen LogP contribution in [0.15, 0.2) is 77.8 Å². The Hall–Kier alpha value is -3.62. The van der Waals surface area contributed by atoms with E-state index in [0.717, 1.165) is 30.9 Å². The fourth-order valence-corrected chi connectivity index (χ4v) is 5.32. The van der Waals surface area contributed by atoms with Crippen molar-refractivity contribution in [3.8, 4) is 5.88 Å². The Bertz CT molecular complexity index is 1520. The van der Waals surface area contributed by atoms with Gasteiger partial charge in [0.15, 0.2) is 5.88 Å². The van der Waals surface area contributed by atoms with Crippen molar-refractivity contribution in [1.82, 2.24) is 9.88 Å². The first kappa shape index (κ1) is 25.0. The lowest BCUT2D eigenvalue weighted by Crippen LogP contribution is -2.22. The van der Waals surface area contributed by atoms with Gasteiger partial charge >= 0.3 is 0 Å². The van der Waals surface area contributed by atoms with Gasteiger partial charge in [-0.1, -0.05) is 42.5 Å². The Morgan fingerprint density at radius 2 is 1.73 bits per heavy atom. The molecule has 2 heterocycles. The van der Waals surface area contributed by atoms with E-state index in [-0.39, 0.29) is 5.88 Å². The van der Waals surface area contributed by atoms with Crippen LogP contribution in [0.4, 0.5) is 11.4 Å². The molecular weight excluding hydrogens is 484 g/mol. The van der Waals surface area contributed by atoms with Gasteiger partial charge in [0.2, 0.25) is 10.0 Å². The van der Waals surface area contributed by atoms with E-state index in [1.807, 2.05) is 42.5 Å². The molecule has 0 bridgehead atoms. The topological polar surface area (TPSA) is 97.8 Å². The molecule has 4 aromatic rings. The quantitative estimate of drug-likeness (QED) is 0.258. The number of rotatable bonds is 8. The molecule has 0 saturated carbocycles. The van der Waals surface area contributed by atoms with Gasteiger partial charge in [0, 0.05) is 28.7 Å². The van der Waals surface area contributed by atoms with Crippen LogP contribution in [-0.2, 0) is 16.6 Å². The maximum atomic E-state index is 12.5. The molecule has 1 aliphatic heterocycles. The molecular formula is C29H32N4O3S. The number of hydrogen-bond donors (Lipinski definition) is 3. The highest BCUT2D eigenvalue weighted by Crippen LogP contribution is 2.33. The number of fused-ring (bicyclic) bond motifs is 1. The fourth-order valence-electron chi connectivity index (χ4n) is 4.63. The molecule has 1 aliphatic rings. The lowest BCUT2D eigenvalue weighted by molar-refractivity contribution is 0.331. The molecule has 0 amide bonds. The molecule has 0 radical (unpaired) electrons. The number of H-pyrrole nitrogens is 1. The van der Waals surface area contributed by atoms with Gasteiger partial charge in [-0.05, 0) is 75.7 Å². The van der Waals surface area contributed by atoms with Crippen LogP contribution >= 0.6 is 0 Å². The summed E-state index contributed by atoms with van der Waals surface area (Å²) in [4.78, 5) is 10.5. The minimum atomic E-state index is -3.52. The predicted molar refractivity (Wildman–Crippen MR) is 150 cm³/mol. The van der Waals surface area contributed by atoms with E-state index in [2.05, 4.69) is 26.7 Å². The summed E-state index contributed by atoms with van der Waals surface area (Å²) in [7, 11) is -3.52. The number of anilines is 1. The number of nitrogens with zero attached hydrogens (tertiary/aromatic N) is 2. The fraction of sp³-hybridized carbons (Fsp3) is 0.276. The molecule has 5 rings (SSSR count). The summed E-state index contributed by atoms with van der Waals surface area (Å²) in [5.41, 5.74) is 5.10. The number of aliphatic imine (C=N–C) groups is 1. The molecule has 3 aromatic carbocycles. The van der Waals surface area contributed by atoms with Crippen LogP contribution < -0.4 is 4.72 Å². The zero-order valence-electron chi connectivity index (χ0n) is 21.1. The van der Waals surface area contributed by atoms with E-state index in [9.17, 15) is 13.5 Å². The molecule has 0 spiro atoms. The normalized spacial score (nSPS) is 15.1. The zero-order valence-corrected chi connectivity index (χ0v) is 21.9. The largest absolute Gasteiger partial charge is 0.494 e. The second kappa shape index (κ2) is 10.4. The Labute approximate surface area is 217 Å². The minimum absolute atomic E-state index is 0.0212. The van der Waals surface area contributed by atoms with Crippen LogP contribution in [0.5, 0.6) is 5.88 Å². The Morgan fingerprint density at radius 1 is 1.03 bits per heavy atom. The molecule has 0 atom stereocenters. The minimum Gasteiger partial charge on any atom is -0.494 e. The number of likely N-dealkylation sites (tertiary alicyclic amines) is 1. The third-order valence-corrected chi connectivity index (χ3v) is 8.49. The first-order valence-electron chi connectivity index (χ1n) is 12.6. The average Bonchev–Trinajstić information content (AvgIpc) is 3.50. The van der Waals surface area contributed by atoms with Crippen LogP contribution in [0.2, 0.25) is 0 Å². The average molecular weight is 517 g/mol. The van der Waals surface area contributed by atoms with Crippen molar-refractivity contribution < 1.29 is 13.5 Å². The third-order valence-electron chi connectivity index (χ3n) is 6.73. The van der Waals surface area contributed by atoms with Crippen molar-refractivity contribution in [2.45, 2.75) is 38.5 Å². The third kappa shape index (κ3) is 5.55. The van der Waals surface area contributed by atoms with Crippen molar-refractivity contribution in [3.05, 3.63) is 89.5 Å². The highest BCUT2D eigenvalue weighted by molar-refractivity contribution is 7.93. The summed E-state index contributed by atoms with van der Waals surface area (Å²) < 4.78 is 27.6. The van der Waals surface area contributed by atoms with E-state index < -0.39 is 15.3 Å². The molecule has 1 fully saturated rings. The van der Waals surface area contributed by atoms with E-state index >= 15 is 0 Å². The van der Waals surface area contributed by atoms with E-state index in [1.54, 1.807) is 32.0 Å². The van der Waals surface area contributed by atoms with Crippen LogP contribution in [0, 0.1) is 0 Å². The lowest BCUT2D eigenvalue weighted by Gasteiger charge is -2.14. The molecule has 192 valence electrons. The molecule has 8 heteroatoms. The van der Waals surface area contributed by atoms with Crippen molar-refractivity contribution in [3.63, 3.8) is 0 Å². The number of aromatic hydroxyl groups is 1. The SMILES string of the molecule is CC(C)S(=O)(=O)Nc1ccc2[nH]c(O)c(C(=Nc3ccc(CN4CCCC4)cc3)c3ccccc3)c2c1. The van der Waals surface area contributed by atoms with Crippen molar-refractivity contribution >= 4 is 38.0 Å². The maximum absolute atomic E-state index is 12.5. The predicted octanol–water partition coefficient (Wildman–Crippen LogP) is 5.79. The molecule has 7 nitrogen and oxygen atoms in total. The zero-order chi connectivity index (χ0) is 26.0. The van der Waals surface area contributed by atoms with Crippen LogP contribution in [0.25, 0.3) is 10.9 Å². The van der Waals surface area contributed by atoms with E-state index in [1.165, 1.54) is 18.4 Å². The van der Waals surface area contributed by atoms with Crippen molar-refractivity contribution in [1.29, 1.82) is 0 Å². The van der Waals surface area contributed by atoms with Gasteiger partial charge in [-0.15, -0.1) is 0 Å². The standard InChI is InChI=1S/C29H32N4O3S/c1-20(2)37(35,36)32-24-14-15-26-25(18-24)27(29(34)31-26)28(22-8-4-3-5-9-22)30-23-12-10-21(11-13-23)19-33-16-6-7-17-33/h3-5,8-15,18,20,31-32,34H,6-7,16-17,19H2,1-2H3. The number of nitrogens with one attached hydrogen (secondary N) is 2. The Morgan fingerprint density at radius 3 is 2.41 bits per heavy atom. The first-order chi connectivity index (χ1) is 17.8. The first-order valence-corrected chi connectivity index (χ1v) is 14.2. The van der Waals surface area contributed by atoms with Crippen molar-refractivity contribution in [2.75, 3.05) is 17.8 Å². The summed E-state index contributed by atoms with van der Waals surface area (Å²) >= 11 is 0. The smallest absolute Gasteiger partial charge is 0.235 e. The lowest BCUT2D eigenvalue weighted by atomic mass is 10.0. The van der Waals surface area contributed by atoms with Crippen LogP contribution in [0.3, 0.4) is 0 Å². The number of aromatic amines is 1. The number of benzene rings is 3. The van der Waals surface area contributed by atoms with Gasteiger partial charge in [0.05, 0.1) is 22.2 Å². The summed E-state index contributed by atoms with van der Waals surface area (Å²) in [5, 5.41) is 11.1. The van der Waals surface area contributed by atoms with Crippen molar-refractivity contribution in [2.24, 2.45) is 4.99 Å². The van der Waals surface area contributed by atoms with Gasteiger partial charge in [0.1, 0.15) is 0 Å². The highest BCUT2D eigenvalue weighted by Gasteiger charge is 2.21. The molecule has 0 aliphatic carbocycles. The summed E-state index contributed by atoms with van der Waals surface area (Å²) in [5.74, 6) is -0.0212. The second-order valence-electron chi connectivity index (χ2n) is 9.78. The van der Waals surface area contributed by atoms with E-state index in [4.69, 9.17) is 4.99 Å². The molecule has 3 N–H and O–H groups in total. The molecule has 37 heavy (non-hydrogen) atoms. The molecule has 0 unspecified atom stereocenters. The van der Waals surface area contributed by atoms with Crippen LogP contribution in [0.1, 0.15) is 43.4 Å². The highest BCUT2D eigenvalue weighted by atomic mass is 32.2. The van der Waals surface area contributed by atoms with Crippen LogP contribution in [-0.4, -0.2) is 47.5 Å². The number of aromatic nitrogens is 1. The van der Waals surface area contributed by atoms with Gasteiger partial charge in [-0.3, -0.25) is 9.62 Å². The number of hydrogen-bond acceptors (Lipinski definition) is 5. The van der Waals surface area contributed by atoms with E-state index in [0.29, 0.717) is 27.9 Å². The Kier molecular flexibility index (Phi) is 7.04. The summed E-state index contributed by atoms with van der Waals surface area (Å²) in [6.45, 7) is 6.49. The monoisotopic (exact) mass is 516 g/mol. The maximum Gasteiger partial charge on any atom is 0.235 e. The Balaban J connectivity index is 1.57. The van der Waals surface area contributed by atoms with Gasteiger partial charge in [0.25, 0.3) is 0 Å². The number of sulfonamides is 1.